The van der Waals surface area contributed by atoms with Gasteiger partial charge in [-0.1, -0.05) is 56.7 Å². The highest BCUT2D eigenvalue weighted by molar-refractivity contribution is 7.91. The first kappa shape index (κ1) is 36.3. The Kier molecular flexibility index (Phi) is 13.3. The SMILES string of the molecule is CCC[C@@H](N[C@@](CC)(CS(=O)(=O)Cc1cnc2ccccc2c1)NCC#N)S(=O)(=O)Cc1cnc2ccccc2c1.Cl.Cl. The Labute approximate surface area is 266 Å². The van der Waals surface area contributed by atoms with Crippen molar-refractivity contribution < 1.29 is 16.8 Å². The molecule has 0 aliphatic heterocycles. The van der Waals surface area contributed by atoms with Crippen molar-refractivity contribution in [1.82, 2.24) is 20.6 Å². The molecule has 4 aromatic rings. The summed E-state index contributed by atoms with van der Waals surface area (Å²) in [5, 5.41) is 16.1. The average Bonchev–Trinajstić information content (AvgIpc) is 2.95. The molecule has 0 fully saturated rings. The van der Waals surface area contributed by atoms with Gasteiger partial charge in [-0.25, -0.2) is 16.8 Å². The van der Waals surface area contributed by atoms with Crippen LogP contribution in [-0.4, -0.2) is 50.1 Å². The maximum atomic E-state index is 13.7. The standard InChI is InChI=1S/C30H35N5O4S2.2ClH/c1-3-9-29(41(38,39)21-24-17-26-11-6-8-13-28(26)33-19-24)35-30(4-2,34-15-14-31)22-40(36,37)20-23-16-25-10-5-7-12-27(25)32-18-23;;/h5-8,10-13,16-19,29,34-35H,3-4,9,15,20-22H2,1-2H3;2*1H/t29-,30-;;/m0../s1. The van der Waals surface area contributed by atoms with Crippen molar-refractivity contribution in [3.63, 3.8) is 0 Å². The summed E-state index contributed by atoms with van der Waals surface area (Å²) in [5.41, 5.74) is 1.29. The number of rotatable bonds is 14. The van der Waals surface area contributed by atoms with E-state index in [9.17, 15) is 22.1 Å². The molecule has 0 saturated carbocycles. The lowest BCUT2D eigenvalue weighted by atomic mass is 10.1. The maximum absolute atomic E-state index is 13.7. The van der Waals surface area contributed by atoms with E-state index in [4.69, 9.17) is 0 Å². The van der Waals surface area contributed by atoms with Crippen molar-refractivity contribution in [2.75, 3.05) is 12.3 Å². The smallest absolute Gasteiger partial charge is 0.170 e. The topological polar surface area (TPSA) is 142 Å². The first-order valence-electron chi connectivity index (χ1n) is 13.6. The average molecular weight is 667 g/mol. The molecule has 0 aliphatic carbocycles. The molecule has 43 heavy (non-hydrogen) atoms. The highest BCUT2D eigenvalue weighted by Gasteiger charge is 2.39. The zero-order valence-electron chi connectivity index (χ0n) is 24.1. The fourth-order valence-corrected chi connectivity index (χ4v) is 8.73. The lowest BCUT2D eigenvalue weighted by Crippen LogP contribution is -2.64. The molecule has 0 unspecified atom stereocenters. The first-order valence-corrected chi connectivity index (χ1v) is 17.1. The van der Waals surface area contributed by atoms with Crippen LogP contribution in [0.5, 0.6) is 0 Å². The zero-order valence-corrected chi connectivity index (χ0v) is 27.3. The number of sulfone groups is 2. The van der Waals surface area contributed by atoms with Gasteiger partial charge < -0.3 is 0 Å². The van der Waals surface area contributed by atoms with Crippen LogP contribution in [0.1, 0.15) is 44.2 Å². The Hall–Kier alpha value is -2.85. The van der Waals surface area contributed by atoms with Crippen LogP contribution in [0.4, 0.5) is 0 Å². The molecule has 2 aromatic heterocycles. The largest absolute Gasteiger partial charge is 0.286 e. The van der Waals surface area contributed by atoms with Crippen LogP contribution in [-0.2, 0) is 31.2 Å². The van der Waals surface area contributed by atoms with Crippen LogP contribution in [0.25, 0.3) is 21.8 Å². The van der Waals surface area contributed by atoms with Gasteiger partial charge in [-0.15, -0.1) is 24.8 Å². The third kappa shape index (κ3) is 9.57. The molecule has 0 spiro atoms. The van der Waals surface area contributed by atoms with E-state index in [2.05, 4.69) is 20.6 Å². The lowest BCUT2D eigenvalue weighted by Gasteiger charge is -2.37. The molecule has 13 heteroatoms. The molecule has 9 nitrogen and oxygen atoms in total. The second-order valence-corrected chi connectivity index (χ2v) is 14.5. The number of fused-ring (bicyclic) bond motifs is 2. The highest BCUT2D eigenvalue weighted by atomic mass is 35.5. The Bertz CT molecular complexity index is 1780. The molecule has 0 saturated heterocycles. The number of para-hydroxylation sites is 2. The van der Waals surface area contributed by atoms with Gasteiger partial charge in [0.05, 0.1) is 46.6 Å². The van der Waals surface area contributed by atoms with Gasteiger partial charge in [0.1, 0.15) is 5.37 Å². The van der Waals surface area contributed by atoms with Crippen LogP contribution in [0.3, 0.4) is 0 Å². The molecule has 2 atom stereocenters. The maximum Gasteiger partial charge on any atom is 0.170 e. The van der Waals surface area contributed by atoms with E-state index in [-0.39, 0.29) is 55.7 Å². The number of hydrogen-bond donors (Lipinski definition) is 2. The number of nitrogens with zero attached hydrogens (tertiary/aromatic N) is 3. The molecule has 4 rings (SSSR count). The monoisotopic (exact) mass is 665 g/mol. The van der Waals surface area contributed by atoms with E-state index in [1.807, 2.05) is 67.6 Å². The summed E-state index contributed by atoms with van der Waals surface area (Å²) in [6.07, 6.45) is 4.17. The van der Waals surface area contributed by atoms with E-state index in [1.165, 1.54) is 0 Å². The van der Waals surface area contributed by atoms with Gasteiger partial charge >= 0.3 is 0 Å². The van der Waals surface area contributed by atoms with Gasteiger partial charge in [0, 0.05) is 23.2 Å². The summed E-state index contributed by atoms with van der Waals surface area (Å²) in [6.45, 7) is 3.50. The molecule has 2 N–H and O–H groups in total. The molecule has 232 valence electrons. The Morgan fingerprint density at radius 1 is 0.860 bits per heavy atom. The van der Waals surface area contributed by atoms with E-state index >= 15 is 0 Å². The minimum absolute atomic E-state index is 0. The van der Waals surface area contributed by atoms with E-state index in [0.717, 1.165) is 21.8 Å². The van der Waals surface area contributed by atoms with Crippen molar-refractivity contribution in [2.45, 2.75) is 55.7 Å². The number of nitrogens with one attached hydrogen (secondary N) is 2. The van der Waals surface area contributed by atoms with Crippen LogP contribution in [0.15, 0.2) is 73.1 Å². The van der Waals surface area contributed by atoms with Crippen LogP contribution >= 0.6 is 24.8 Å². The van der Waals surface area contributed by atoms with E-state index < -0.39 is 36.5 Å². The summed E-state index contributed by atoms with van der Waals surface area (Å²) < 4.78 is 54.5. The van der Waals surface area contributed by atoms with Gasteiger partial charge in [-0.2, -0.15) is 5.26 Å². The number of pyridine rings is 2. The van der Waals surface area contributed by atoms with Crippen molar-refractivity contribution >= 4 is 66.3 Å². The second-order valence-electron chi connectivity index (χ2n) is 10.3. The predicted octanol–water partition coefficient (Wildman–Crippen LogP) is 5.09. The molecule has 0 aliphatic rings. The Morgan fingerprint density at radius 3 is 1.91 bits per heavy atom. The van der Waals surface area contributed by atoms with Gasteiger partial charge in [-0.05, 0) is 48.2 Å². The van der Waals surface area contributed by atoms with Crippen molar-refractivity contribution in [2.24, 2.45) is 0 Å². The number of aromatic nitrogens is 2. The highest BCUT2D eigenvalue weighted by Crippen LogP contribution is 2.23. The minimum Gasteiger partial charge on any atom is -0.286 e. The zero-order chi connectivity index (χ0) is 29.5. The summed E-state index contributed by atoms with van der Waals surface area (Å²) in [6, 6.07) is 20.5. The fourth-order valence-electron chi connectivity index (χ4n) is 5.00. The van der Waals surface area contributed by atoms with E-state index in [1.54, 1.807) is 25.4 Å². The third-order valence-corrected chi connectivity index (χ3v) is 10.7. The molecule has 0 amide bonds. The predicted molar refractivity (Wildman–Crippen MR) is 177 cm³/mol. The molecule has 0 bridgehead atoms. The van der Waals surface area contributed by atoms with Crippen molar-refractivity contribution in [3.8, 4) is 6.07 Å². The molecule has 2 heterocycles. The molecular formula is C30H37Cl2N5O4S2. The third-order valence-electron chi connectivity index (χ3n) is 7.05. The summed E-state index contributed by atoms with van der Waals surface area (Å²) in [4.78, 5) is 8.76. The fraction of sp³-hybridized carbons (Fsp3) is 0.367. The van der Waals surface area contributed by atoms with Gasteiger partial charge in [0.25, 0.3) is 0 Å². The van der Waals surface area contributed by atoms with Crippen LogP contribution < -0.4 is 10.6 Å². The molecule has 2 aromatic carbocycles. The van der Waals surface area contributed by atoms with Crippen molar-refractivity contribution in [1.29, 1.82) is 5.26 Å². The normalized spacial score (nSPS) is 13.8. The summed E-state index contributed by atoms with van der Waals surface area (Å²) >= 11 is 0. The van der Waals surface area contributed by atoms with E-state index in [0.29, 0.717) is 17.5 Å². The Morgan fingerprint density at radius 2 is 1.40 bits per heavy atom. The van der Waals surface area contributed by atoms with Gasteiger partial charge in [0.2, 0.25) is 0 Å². The van der Waals surface area contributed by atoms with Gasteiger partial charge in [0.15, 0.2) is 19.7 Å². The quantitative estimate of drug-likeness (QED) is 0.139. The van der Waals surface area contributed by atoms with Gasteiger partial charge in [-0.3, -0.25) is 20.6 Å². The van der Waals surface area contributed by atoms with Crippen LogP contribution in [0, 0.1) is 11.3 Å². The number of benzene rings is 2. The minimum atomic E-state index is -3.79. The number of halogens is 2. The van der Waals surface area contributed by atoms with Crippen LogP contribution in [0.2, 0.25) is 0 Å². The Balaban J connectivity index is 0.00000323. The molecular weight excluding hydrogens is 629 g/mol. The second kappa shape index (κ2) is 15.7. The molecule has 0 radical (unpaired) electrons. The number of nitriles is 1. The summed E-state index contributed by atoms with van der Waals surface area (Å²) in [5.74, 6) is -0.926. The lowest BCUT2D eigenvalue weighted by molar-refractivity contribution is 0.270. The number of hydrogen-bond acceptors (Lipinski definition) is 9. The first-order chi connectivity index (χ1) is 19.6. The summed E-state index contributed by atoms with van der Waals surface area (Å²) in [7, 11) is -7.56. The van der Waals surface area contributed by atoms with Crippen molar-refractivity contribution in [3.05, 3.63) is 84.2 Å².